The van der Waals surface area contributed by atoms with Gasteiger partial charge in [-0.2, -0.15) is 18.4 Å². The third kappa shape index (κ3) is 4.63. The first-order valence-electron chi connectivity index (χ1n) is 12.6. The van der Waals surface area contributed by atoms with Gasteiger partial charge in [0.2, 0.25) is 11.8 Å². The lowest BCUT2D eigenvalue weighted by Gasteiger charge is -2.36. The number of nitriles is 1. The second-order valence-corrected chi connectivity index (χ2v) is 10.0. The number of fused-ring (bicyclic) bond motifs is 1. The van der Waals surface area contributed by atoms with E-state index in [0.717, 1.165) is 25.5 Å². The van der Waals surface area contributed by atoms with Crippen LogP contribution in [-0.4, -0.2) is 43.3 Å². The lowest BCUT2D eigenvalue weighted by molar-refractivity contribution is -0.147. The molecular formula is C27H24F3N7O2. The van der Waals surface area contributed by atoms with Crippen molar-refractivity contribution in [1.82, 2.24) is 24.1 Å². The summed E-state index contributed by atoms with van der Waals surface area (Å²) in [5.74, 6) is -1.14. The minimum absolute atomic E-state index is 0.0817. The minimum atomic E-state index is -4.85. The van der Waals surface area contributed by atoms with E-state index >= 15 is 0 Å². The van der Waals surface area contributed by atoms with Crippen LogP contribution in [0.4, 0.5) is 19.1 Å². The molecule has 0 amide bonds. The Labute approximate surface area is 221 Å². The maximum Gasteiger partial charge on any atom is 0.449 e. The highest BCUT2D eigenvalue weighted by atomic mass is 19.4. The average molecular weight is 536 g/mol. The minimum Gasteiger partial charge on any atom is -0.367 e. The molecule has 0 bridgehead atoms. The smallest absolute Gasteiger partial charge is 0.367 e. The molecule has 2 fully saturated rings. The third-order valence-electron chi connectivity index (χ3n) is 7.08. The van der Waals surface area contributed by atoms with Crippen LogP contribution in [0.5, 0.6) is 0 Å². The van der Waals surface area contributed by atoms with Gasteiger partial charge in [-0.1, -0.05) is 12.1 Å². The summed E-state index contributed by atoms with van der Waals surface area (Å²) in [5, 5.41) is 9.18. The summed E-state index contributed by atoms with van der Waals surface area (Å²) in [5.41, 5.74) is 0.488. The summed E-state index contributed by atoms with van der Waals surface area (Å²) in [4.78, 5) is 28.0. The third-order valence-corrected chi connectivity index (χ3v) is 7.08. The maximum atomic E-state index is 13.7. The second-order valence-electron chi connectivity index (χ2n) is 10.0. The normalized spacial score (nSPS) is 19.8. The van der Waals surface area contributed by atoms with Crippen LogP contribution in [-0.2, 0) is 18.0 Å². The van der Waals surface area contributed by atoms with Crippen LogP contribution in [0.2, 0.25) is 0 Å². The number of benzene rings is 1. The number of ether oxygens (including phenoxy) is 1. The zero-order chi connectivity index (χ0) is 27.5. The molecule has 2 atom stereocenters. The van der Waals surface area contributed by atoms with Crippen molar-refractivity contribution in [2.24, 2.45) is 7.05 Å². The first-order valence-corrected chi connectivity index (χ1v) is 12.6. The Kier molecular flexibility index (Phi) is 5.91. The fraction of sp³-hybridized carbons (Fsp3) is 0.370. The molecule has 1 saturated heterocycles. The largest absolute Gasteiger partial charge is 0.449 e. The van der Waals surface area contributed by atoms with Crippen molar-refractivity contribution in [2.45, 2.75) is 44.2 Å². The predicted octanol–water partition coefficient (Wildman–Crippen LogP) is 4.38. The van der Waals surface area contributed by atoms with Gasteiger partial charge in [-0.25, -0.2) is 15.0 Å². The van der Waals surface area contributed by atoms with Crippen molar-refractivity contribution in [3.05, 3.63) is 70.0 Å². The summed E-state index contributed by atoms with van der Waals surface area (Å²) in [7, 11) is 1.03. The second kappa shape index (κ2) is 9.20. The highest BCUT2D eigenvalue weighted by molar-refractivity contribution is 5.89. The number of morpholine rings is 1. The summed E-state index contributed by atoms with van der Waals surface area (Å²) in [6.45, 7) is 2.74. The van der Waals surface area contributed by atoms with Gasteiger partial charge in [-0.05, 0) is 38.0 Å². The predicted molar refractivity (Wildman–Crippen MR) is 136 cm³/mol. The van der Waals surface area contributed by atoms with Gasteiger partial charge in [0, 0.05) is 43.2 Å². The summed E-state index contributed by atoms with van der Waals surface area (Å²) in [6.07, 6.45) is 1.11. The highest BCUT2D eigenvalue weighted by Crippen LogP contribution is 2.37. The molecule has 39 heavy (non-hydrogen) atoms. The van der Waals surface area contributed by atoms with Crippen molar-refractivity contribution >= 4 is 17.0 Å². The fourth-order valence-electron chi connectivity index (χ4n) is 4.95. The van der Waals surface area contributed by atoms with Gasteiger partial charge in [-0.15, -0.1) is 0 Å². The molecule has 0 spiro atoms. The molecule has 1 aliphatic carbocycles. The van der Waals surface area contributed by atoms with Gasteiger partial charge >= 0.3 is 6.18 Å². The topological polar surface area (TPSA) is 102 Å². The molecule has 200 valence electrons. The number of anilines is 1. The SMILES string of the molecule is CC1CN(c2nc(-c3ccc(C#N)cc3)c3nc(C(F)(F)F)n(C)c(=O)c3n2)CC(c2ccn(C3CC3)c2)O1. The molecule has 0 N–H and O–H groups in total. The van der Waals surface area contributed by atoms with Crippen LogP contribution in [0.3, 0.4) is 0 Å². The molecule has 3 aromatic heterocycles. The van der Waals surface area contributed by atoms with Crippen molar-refractivity contribution < 1.29 is 17.9 Å². The first-order chi connectivity index (χ1) is 18.6. The number of hydrogen-bond donors (Lipinski definition) is 0. The lowest BCUT2D eigenvalue weighted by atomic mass is 10.1. The van der Waals surface area contributed by atoms with E-state index in [9.17, 15) is 23.2 Å². The average Bonchev–Trinajstić information content (AvgIpc) is 3.65. The molecule has 2 aliphatic rings. The number of rotatable bonds is 4. The Hall–Kier alpha value is -4.24. The molecule has 12 heteroatoms. The van der Waals surface area contributed by atoms with Gasteiger partial charge in [0.15, 0.2) is 5.52 Å². The highest BCUT2D eigenvalue weighted by Gasteiger charge is 2.38. The maximum absolute atomic E-state index is 13.7. The Morgan fingerprint density at radius 1 is 1.05 bits per heavy atom. The fourth-order valence-corrected chi connectivity index (χ4v) is 4.95. The number of nitrogens with zero attached hydrogens (tertiary/aromatic N) is 7. The van der Waals surface area contributed by atoms with E-state index in [2.05, 4.69) is 25.7 Å². The summed E-state index contributed by atoms with van der Waals surface area (Å²) in [6, 6.07) is 10.8. The van der Waals surface area contributed by atoms with Crippen LogP contribution in [0.15, 0.2) is 47.5 Å². The molecule has 2 unspecified atom stereocenters. The van der Waals surface area contributed by atoms with Crippen LogP contribution in [0.1, 0.15) is 48.9 Å². The molecule has 0 radical (unpaired) electrons. The van der Waals surface area contributed by atoms with Crippen molar-refractivity contribution in [1.29, 1.82) is 5.26 Å². The number of aromatic nitrogens is 5. The lowest BCUT2D eigenvalue weighted by Crippen LogP contribution is -2.44. The van der Waals surface area contributed by atoms with E-state index in [1.54, 1.807) is 12.1 Å². The van der Waals surface area contributed by atoms with E-state index < -0.39 is 17.6 Å². The van der Waals surface area contributed by atoms with Crippen LogP contribution < -0.4 is 10.5 Å². The monoisotopic (exact) mass is 535 g/mol. The number of hydrogen-bond acceptors (Lipinski definition) is 7. The van der Waals surface area contributed by atoms with Gasteiger partial charge < -0.3 is 14.2 Å². The Balaban J connectivity index is 1.48. The van der Waals surface area contributed by atoms with Crippen LogP contribution >= 0.6 is 0 Å². The molecule has 1 saturated carbocycles. The summed E-state index contributed by atoms with van der Waals surface area (Å²) < 4.78 is 50.1. The first kappa shape index (κ1) is 25.1. The molecular weight excluding hydrogens is 511 g/mol. The van der Waals surface area contributed by atoms with Gasteiger partial charge in [0.1, 0.15) is 17.3 Å². The van der Waals surface area contributed by atoms with Gasteiger partial charge in [0.25, 0.3) is 5.56 Å². The molecule has 9 nitrogen and oxygen atoms in total. The standard InChI is InChI=1S/C27H24F3N7O2/c1-15-12-37(14-20(39-15)18-9-10-36(13-18)19-7-8-19)26-33-21(17-5-3-16(11-31)4-6-17)22-23(34-26)24(38)35(2)25(32-22)27(28,29)30/h3-6,9-10,13,15,19-20H,7-8,12,14H2,1-2H3. The van der Waals surface area contributed by atoms with E-state index in [0.29, 0.717) is 34.8 Å². The van der Waals surface area contributed by atoms with E-state index in [1.165, 1.54) is 12.1 Å². The molecule has 4 aromatic rings. The quantitative estimate of drug-likeness (QED) is 0.382. The number of halogens is 3. The Morgan fingerprint density at radius 2 is 1.79 bits per heavy atom. The molecule has 1 aliphatic heterocycles. The van der Waals surface area contributed by atoms with Crippen molar-refractivity contribution in [2.75, 3.05) is 18.0 Å². The molecule has 6 rings (SSSR count). The van der Waals surface area contributed by atoms with E-state index in [1.807, 2.05) is 30.2 Å². The van der Waals surface area contributed by atoms with E-state index in [4.69, 9.17) is 4.74 Å². The van der Waals surface area contributed by atoms with Crippen molar-refractivity contribution in [3.8, 4) is 17.3 Å². The molecule has 4 heterocycles. The molecule has 1 aromatic carbocycles. The Bertz CT molecular complexity index is 1670. The zero-order valence-electron chi connectivity index (χ0n) is 21.2. The Morgan fingerprint density at radius 3 is 2.46 bits per heavy atom. The van der Waals surface area contributed by atoms with Crippen LogP contribution in [0.25, 0.3) is 22.3 Å². The van der Waals surface area contributed by atoms with Gasteiger partial charge in [-0.3, -0.25) is 9.36 Å². The van der Waals surface area contributed by atoms with Crippen molar-refractivity contribution in [3.63, 3.8) is 0 Å². The number of alkyl halides is 3. The van der Waals surface area contributed by atoms with Crippen LogP contribution in [0, 0.1) is 11.3 Å². The van der Waals surface area contributed by atoms with E-state index in [-0.39, 0.29) is 34.9 Å². The zero-order valence-corrected chi connectivity index (χ0v) is 21.2. The summed E-state index contributed by atoms with van der Waals surface area (Å²) >= 11 is 0. The van der Waals surface area contributed by atoms with Gasteiger partial charge in [0.05, 0.1) is 24.3 Å².